The van der Waals surface area contributed by atoms with E-state index in [-0.39, 0.29) is 11.5 Å². The summed E-state index contributed by atoms with van der Waals surface area (Å²) in [5.41, 5.74) is 1.98. The van der Waals surface area contributed by atoms with Crippen molar-refractivity contribution in [3.63, 3.8) is 0 Å². The second kappa shape index (κ2) is 7.24. The Balaban J connectivity index is 1.82. The van der Waals surface area contributed by atoms with Gasteiger partial charge in [0.15, 0.2) is 0 Å². The van der Waals surface area contributed by atoms with Crippen LogP contribution in [0.4, 0.5) is 17.1 Å². The van der Waals surface area contributed by atoms with E-state index in [9.17, 15) is 14.3 Å². The number of para-hydroxylation sites is 2. The zero-order valence-electron chi connectivity index (χ0n) is 14.6. The van der Waals surface area contributed by atoms with Gasteiger partial charge < -0.3 is 0 Å². The molecular formula is C20H16N4O3S. The number of rotatable bonds is 4. The number of hydrogen-bond acceptors (Lipinski definition) is 4. The number of nitro benzene ring substituents is 1. The first-order chi connectivity index (χ1) is 13.6. The highest BCUT2D eigenvalue weighted by Crippen LogP contribution is 2.39. The Morgan fingerprint density at radius 2 is 1.39 bits per heavy atom. The molecule has 28 heavy (non-hydrogen) atoms. The molecule has 0 radical (unpaired) electrons. The molecule has 1 aliphatic heterocycles. The molecule has 3 aromatic rings. The van der Waals surface area contributed by atoms with E-state index < -0.39 is 22.1 Å². The van der Waals surface area contributed by atoms with Gasteiger partial charge in [0, 0.05) is 12.1 Å². The minimum absolute atomic E-state index is 0.0272. The SMILES string of the molecule is N=C1C(c2ccc([N+](=O)[O-])cc2)N(c2ccccc2)S(=O)N1c1ccccc1. The topological polar surface area (TPSA) is 90.5 Å². The smallest absolute Gasteiger partial charge is 0.269 e. The lowest BCUT2D eigenvalue weighted by Crippen LogP contribution is -2.27. The lowest BCUT2D eigenvalue weighted by Gasteiger charge is -2.22. The van der Waals surface area contributed by atoms with Crippen molar-refractivity contribution in [3.05, 3.63) is 101 Å². The summed E-state index contributed by atoms with van der Waals surface area (Å²) in [6, 6.07) is 23.7. The van der Waals surface area contributed by atoms with E-state index in [2.05, 4.69) is 0 Å². The van der Waals surface area contributed by atoms with Crippen LogP contribution in [0.25, 0.3) is 0 Å². The van der Waals surface area contributed by atoms with Crippen LogP contribution >= 0.6 is 0 Å². The van der Waals surface area contributed by atoms with Gasteiger partial charge in [0.1, 0.15) is 11.9 Å². The summed E-state index contributed by atoms with van der Waals surface area (Å²) in [6.07, 6.45) is 0. The average molecular weight is 392 g/mol. The molecule has 0 amide bonds. The lowest BCUT2D eigenvalue weighted by molar-refractivity contribution is -0.384. The molecule has 4 rings (SSSR count). The highest BCUT2D eigenvalue weighted by molar-refractivity contribution is 7.89. The maximum atomic E-state index is 13.4. The van der Waals surface area contributed by atoms with Gasteiger partial charge in [-0.15, -0.1) is 0 Å². The van der Waals surface area contributed by atoms with Crippen molar-refractivity contribution in [2.45, 2.75) is 6.04 Å². The second-order valence-electron chi connectivity index (χ2n) is 6.16. The van der Waals surface area contributed by atoms with E-state index in [1.54, 1.807) is 28.6 Å². The molecule has 2 unspecified atom stereocenters. The molecule has 0 saturated carbocycles. The highest BCUT2D eigenvalue weighted by atomic mass is 32.2. The first-order valence-electron chi connectivity index (χ1n) is 8.52. The van der Waals surface area contributed by atoms with Crippen LogP contribution in [0.1, 0.15) is 11.6 Å². The molecule has 0 aromatic heterocycles. The Morgan fingerprint density at radius 3 is 1.93 bits per heavy atom. The number of nitrogens with zero attached hydrogens (tertiary/aromatic N) is 3. The zero-order valence-corrected chi connectivity index (χ0v) is 15.5. The zero-order chi connectivity index (χ0) is 19.7. The number of amidine groups is 1. The molecule has 1 N–H and O–H groups in total. The second-order valence-corrected chi connectivity index (χ2v) is 7.38. The Labute approximate surface area is 164 Å². The molecule has 0 bridgehead atoms. The highest BCUT2D eigenvalue weighted by Gasteiger charge is 2.44. The maximum absolute atomic E-state index is 13.4. The molecule has 1 aliphatic rings. The predicted octanol–water partition coefficient (Wildman–Crippen LogP) is 4.22. The number of benzene rings is 3. The van der Waals surface area contributed by atoms with Gasteiger partial charge in [-0.05, 0) is 42.0 Å². The summed E-state index contributed by atoms with van der Waals surface area (Å²) in [5, 5.41) is 19.7. The molecule has 8 heteroatoms. The minimum atomic E-state index is -1.67. The Hall–Kier alpha value is -3.52. The van der Waals surface area contributed by atoms with Crippen LogP contribution in [0, 0.1) is 15.5 Å². The molecule has 1 heterocycles. The summed E-state index contributed by atoms with van der Waals surface area (Å²) in [5.74, 6) is 0.141. The van der Waals surface area contributed by atoms with Crippen molar-refractivity contribution in [1.29, 1.82) is 5.41 Å². The van der Waals surface area contributed by atoms with Crippen LogP contribution in [0.2, 0.25) is 0 Å². The standard InChI is InChI=1S/C20H16N4O3S/c21-20-19(15-11-13-18(14-12-15)24(25)26)22(16-7-3-1-4-8-16)28(27)23(20)17-9-5-2-6-10-17/h1-14,19,21H. The van der Waals surface area contributed by atoms with E-state index in [4.69, 9.17) is 5.41 Å². The Bertz CT molecular complexity index is 1040. The molecule has 0 aliphatic carbocycles. The fraction of sp³-hybridized carbons (Fsp3) is 0.0500. The number of nitrogens with one attached hydrogen (secondary N) is 1. The van der Waals surface area contributed by atoms with Crippen LogP contribution in [0.5, 0.6) is 0 Å². The fourth-order valence-electron chi connectivity index (χ4n) is 3.16. The van der Waals surface area contributed by atoms with Crippen molar-refractivity contribution < 1.29 is 9.13 Å². The van der Waals surface area contributed by atoms with Crippen LogP contribution in [0.3, 0.4) is 0 Å². The van der Waals surface area contributed by atoms with Crippen molar-refractivity contribution in [3.8, 4) is 0 Å². The first-order valence-corrected chi connectivity index (χ1v) is 9.58. The third-order valence-corrected chi connectivity index (χ3v) is 5.94. The minimum Gasteiger partial charge on any atom is -0.285 e. The van der Waals surface area contributed by atoms with E-state index >= 15 is 0 Å². The first kappa shape index (κ1) is 17.9. The number of nitro groups is 1. The lowest BCUT2D eigenvalue weighted by atomic mass is 10.0. The Kier molecular flexibility index (Phi) is 4.62. The maximum Gasteiger partial charge on any atom is 0.269 e. The molecule has 1 saturated heterocycles. The largest absolute Gasteiger partial charge is 0.285 e. The fourth-order valence-corrected chi connectivity index (χ4v) is 4.61. The summed E-state index contributed by atoms with van der Waals surface area (Å²) in [7, 11) is 0. The van der Waals surface area contributed by atoms with Crippen molar-refractivity contribution >= 4 is 34.1 Å². The van der Waals surface area contributed by atoms with Crippen molar-refractivity contribution in [2.24, 2.45) is 0 Å². The molecule has 140 valence electrons. The molecule has 1 fully saturated rings. The van der Waals surface area contributed by atoms with Gasteiger partial charge in [-0.1, -0.05) is 36.4 Å². The van der Waals surface area contributed by atoms with Crippen molar-refractivity contribution in [2.75, 3.05) is 8.61 Å². The number of hydrogen-bond donors (Lipinski definition) is 1. The van der Waals surface area contributed by atoms with E-state index in [1.807, 2.05) is 48.5 Å². The molecule has 7 nitrogen and oxygen atoms in total. The third kappa shape index (κ3) is 3.03. The summed E-state index contributed by atoms with van der Waals surface area (Å²) < 4.78 is 16.5. The van der Waals surface area contributed by atoms with Crippen LogP contribution in [0.15, 0.2) is 84.9 Å². The van der Waals surface area contributed by atoms with Crippen molar-refractivity contribution in [1.82, 2.24) is 0 Å². The summed E-state index contributed by atoms with van der Waals surface area (Å²) in [4.78, 5) is 10.5. The molecule has 2 atom stereocenters. The average Bonchev–Trinajstić information content (AvgIpc) is 2.99. The molecule has 0 spiro atoms. The predicted molar refractivity (Wildman–Crippen MR) is 110 cm³/mol. The van der Waals surface area contributed by atoms with Gasteiger partial charge in [-0.25, -0.2) is 8.51 Å². The van der Waals surface area contributed by atoms with Crippen LogP contribution in [-0.2, 0) is 11.2 Å². The summed E-state index contributed by atoms with van der Waals surface area (Å²) >= 11 is -1.67. The number of non-ortho nitro benzene ring substituents is 1. The van der Waals surface area contributed by atoms with Gasteiger partial charge in [-0.3, -0.25) is 19.8 Å². The van der Waals surface area contributed by atoms with Gasteiger partial charge in [0.05, 0.1) is 16.3 Å². The van der Waals surface area contributed by atoms with Gasteiger partial charge >= 0.3 is 0 Å². The monoisotopic (exact) mass is 392 g/mol. The third-order valence-electron chi connectivity index (χ3n) is 4.46. The van der Waals surface area contributed by atoms with E-state index in [0.29, 0.717) is 16.9 Å². The van der Waals surface area contributed by atoms with Crippen LogP contribution < -0.4 is 8.61 Å². The molecular weight excluding hydrogens is 376 g/mol. The normalized spacial score (nSPS) is 19.1. The Morgan fingerprint density at radius 1 is 0.857 bits per heavy atom. The van der Waals surface area contributed by atoms with Gasteiger partial charge in [0.25, 0.3) is 5.69 Å². The molecule has 3 aromatic carbocycles. The number of anilines is 2. The quantitative estimate of drug-likeness (QED) is 0.532. The van der Waals surface area contributed by atoms with E-state index in [0.717, 1.165) is 0 Å². The van der Waals surface area contributed by atoms with Crippen LogP contribution in [-0.4, -0.2) is 15.0 Å². The summed E-state index contributed by atoms with van der Waals surface area (Å²) in [6.45, 7) is 0. The van der Waals surface area contributed by atoms with E-state index in [1.165, 1.54) is 16.4 Å². The van der Waals surface area contributed by atoms with Gasteiger partial charge in [0.2, 0.25) is 11.2 Å². The van der Waals surface area contributed by atoms with Gasteiger partial charge in [-0.2, -0.15) is 0 Å².